The van der Waals surface area contributed by atoms with Crippen LogP contribution in [0.1, 0.15) is 5.56 Å². The summed E-state index contributed by atoms with van der Waals surface area (Å²) in [6.45, 7) is 3.27. The molecule has 1 atom stereocenters. The number of aliphatic hydroxyl groups excluding tert-OH is 1. The number of aliphatic hydroxyl groups is 1. The number of anilines is 3. The first-order valence-electron chi connectivity index (χ1n) is 8.92. The molecule has 0 saturated carbocycles. The van der Waals surface area contributed by atoms with Crippen molar-refractivity contribution in [3.8, 4) is 0 Å². The number of urea groups is 1. The molecule has 4 rings (SSSR count). The van der Waals surface area contributed by atoms with Crippen molar-refractivity contribution < 1.29 is 9.90 Å². The van der Waals surface area contributed by atoms with Crippen LogP contribution in [0, 0.1) is 6.92 Å². The number of aromatic nitrogens is 3. The van der Waals surface area contributed by atoms with Crippen LogP contribution in [-0.2, 0) is 0 Å². The van der Waals surface area contributed by atoms with Crippen LogP contribution in [0.3, 0.4) is 0 Å². The lowest BCUT2D eigenvalue weighted by Crippen LogP contribution is -2.58. The number of benzene rings is 1. The number of nitrogens with two attached hydrogens (primary N) is 1. The van der Waals surface area contributed by atoms with Crippen LogP contribution < -0.4 is 16.0 Å². The number of nitrogen functional groups attached to an aromatic ring is 1. The molecule has 10 heteroatoms. The molecule has 2 amide bonds. The second-order valence-electron chi connectivity index (χ2n) is 6.68. The summed E-state index contributed by atoms with van der Waals surface area (Å²) in [6.07, 6.45) is 0. The van der Waals surface area contributed by atoms with Gasteiger partial charge >= 0.3 is 6.03 Å². The molecular formula is C18H21N7O2S. The lowest BCUT2D eigenvalue weighted by atomic mass is 10.1. The van der Waals surface area contributed by atoms with Gasteiger partial charge in [0.25, 0.3) is 0 Å². The van der Waals surface area contributed by atoms with Crippen LogP contribution in [0.2, 0.25) is 0 Å². The zero-order valence-electron chi connectivity index (χ0n) is 15.4. The summed E-state index contributed by atoms with van der Waals surface area (Å²) in [5, 5.41) is 12.8. The van der Waals surface area contributed by atoms with Crippen LogP contribution in [0.25, 0.3) is 10.3 Å². The zero-order valence-corrected chi connectivity index (χ0v) is 16.2. The fourth-order valence-corrected chi connectivity index (χ4v) is 3.95. The van der Waals surface area contributed by atoms with Crippen molar-refractivity contribution in [2.45, 2.75) is 13.0 Å². The minimum Gasteiger partial charge on any atom is -0.394 e. The number of hydrogen-bond donors (Lipinski definition) is 3. The lowest BCUT2D eigenvalue weighted by Gasteiger charge is -2.41. The molecule has 3 heterocycles. The Kier molecular flexibility index (Phi) is 4.97. The Morgan fingerprint density at radius 1 is 1.32 bits per heavy atom. The number of rotatable bonds is 3. The van der Waals surface area contributed by atoms with Crippen molar-refractivity contribution in [3.63, 3.8) is 0 Å². The number of carbonyl (C=O) groups excluding carboxylic acids is 1. The SMILES string of the molecule is Cc1ccc(NC(=O)N2CCN(c3nc(N)nc4scnc34)CC2CO)cc1. The number of piperazine rings is 1. The van der Waals surface area contributed by atoms with Crippen molar-refractivity contribution in [1.82, 2.24) is 19.9 Å². The Balaban J connectivity index is 1.51. The van der Waals surface area contributed by atoms with E-state index in [-0.39, 0.29) is 24.6 Å². The van der Waals surface area contributed by atoms with E-state index in [1.165, 1.54) is 11.3 Å². The molecule has 28 heavy (non-hydrogen) atoms. The van der Waals surface area contributed by atoms with Gasteiger partial charge in [0.15, 0.2) is 10.6 Å². The standard InChI is InChI=1S/C18H21N7O2S/c1-11-2-4-12(5-3-11)21-18(27)25-7-6-24(8-13(25)9-26)15-14-16(28-10-20-14)23-17(19)22-15/h2-5,10,13,26H,6-9H2,1H3,(H,21,27)(H2,19,22,23). The molecule has 9 nitrogen and oxygen atoms in total. The Labute approximate surface area is 165 Å². The molecule has 1 unspecified atom stereocenters. The third-order valence-corrected chi connectivity index (χ3v) is 5.47. The van der Waals surface area contributed by atoms with Gasteiger partial charge in [-0.3, -0.25) is 0 Å². The molecule has 1 aliphatic heterocycles. The van der Waals surface area contributed by atoms with Crippen LogP contribution in [0.4, 0.5) is 22.2 Å². The van der Waals surface area contributed by atoms with Crippen LogP contribution in [0.5, 0.6) is 0 Å². The second kappa shape index (κ2) is 7.56. The third kappa shape index (κ3) is 3.56. The van der Waals surface area contributed by atoms with Crippen molar-refractivity contribution in [1.29, 1.82) is 0 Å². The number of fused-ring (bicyclic) bond motifs is 1. The Morgan fingerprint density at radius 3 is 2.86 bits per heavy atom. The highest BCUT2D eigenvalue weighted by Gasteiger charge is 2.32. The number of nitrogens with one attached hydrogen (secondary N) is 1. The molecule has 146 valence electrons. The van der Waals surface area contributed by atoms with Gasteiger partial charge in [-0.15, -0.1) is 11.3 Å². The summed E-state index contributed by atoms with van der Waals surface area (Å²) < 4.78 is 0. The van der Waals surface area contributed by atoms with E-state index < -0.39 is 0 Å². The zero-order chi connectivity index (χ0) is 19.7. The highest BCUT2D eigenvalue weighted by atomic mass is 32.1. The number of nitrogens with zero attached hydrogens (tertiary/aromatic N) is 5. The maximum atomic E-state index is 12.7. The van der Waals surface area contributed by atoms with E-state index in [2.05, 4.69) is 20.3 Å². The first-order valence-corrected chi connectivity index (χ1v) is 9.80. The average molecular weight is 399 g/mol. The van der Waals surface area contributed by atoms with Gasteiger partial charge in [0.1, 0.15) is 5.52 Å². The molecule has 0 spiro atoms. The van der Waals surface area contributed by atoms with E-state index in [0.717, 1.165) is 16.1 Å². The fourth-order valence-electron chi connectivity index (χ4n) is 3.29. The third-order valence-electron chi connectivity index (χ3n) is 4.75. The summed E-state index contributed by atoms with van der Waals surface area (Å²) in [5.41, 5.74) is 10.1. The van der Waals surface area contributed by atoms with E-state index in [0.29, 0.717) is 31.0 Å². The first-order chi connectivity index (χ1) is 13.5. The second-order valence-corrected chi connectivity index (χ2v) is 7.52. The molecule has 1 fully saturated rings. The average Bonchev–Trinajstić information content (AvgIpc) is 3.16. The Morgan fingerprint density at radius 2 is 2.11 bits per heavy atom. The van der Waals surface area contributed by atoms with Crippen molar-refractivity contribution >= 4 is 45.2 Å². The van der Waals surface area contributed by atoms with Gasteiger partial charge in [-0.1, -0.05) is 17.7 Å². The van der Waals surface area contributed by atoms with Crippen molar-refractivity contribution in [2.75, 3.05) is 42.2 Å². The summed E-state index contributed by atoms with van der Waals surface area (Å²) in [5.74, 6) is 0.827. The fraction of sp³-hybridized carbons (Fsp3) is 0.333. The van der Waals surface area contributed by atoms with E-state index in [1.807, 2.05) is 36.1 Å². The number of hydrogen-bond acceptors (Lipinski definition) is 8. The topological polar surface area (TPSA) is 121 Å². The quantitative estimate of drug-likeness (QED) is 0.613. The lowest BCUT2D eigenvalue weighted by molar-refractivity contribution is 0.132. The van der Waals surface area contributed by atoms with E-state index in [4.69, 9.17) is 5.73 Å². The predicted octanol–water partition coefficient (Wildman–Crippen LogP) is 1.69. The van der Waals surface area contributed by atoms with Crippen LogP contribution in [0.15, 0.2) is 29.8 Å². The maximum absolute atomic E-state index is 12.7. The van der Waals surface area contributed by atoms with Gasteiger partial charge in [0, 0.05) is 25.3 Å². The molecule has 0 bridgehead atoms. The summed E-state index contributed by atoms with van der Waals surface area (Å²) >= 11 is 1.40. The Bertz CT molecular complexity index is 991. The highest BCUT2D eigenvalue weighted by Crippen LogP contribution is 2.28. The molecule has 0 aliphatic carbocycles. The minimum absolute atomic E-state index is 0.154. The van der Waals surface area contributed by atoms with E-state index in [9.17, 15) is 9.90 Å². The van der Waals surface area contributed by atoms with Crippen LogP contribution in [-0.4, -0.2) is 63.3 Å². The first kappa shape index (κ1) is 18.4. The number of amides is 2. The summed E-state index contributed by atoms with van der Waals surface area (Å²) in [6, 6.07) is 7.00. The molecule has 2 aromatic heterocycles. The van der Waals surface area contributed by atoms with Gasteiger partial charge in [-0.25, -0.2) is 14.8 Å². The van der Waals surface area contributed by atoms with Crippen molar-refractivity contribution in [2.24, 2.45) is 0 Å². The molecular weight excluding hydrogens is 378 g/mol. The number of aryl methyl sites for hydroxylation is 1. The van der Waals surface area contributed by atoms with E-state index in [1.54, 1.807) is 10.4 Å². The predicted molar refractivity (Wildman–Crippen MR) is 110 cm³/mol. The van der Waals surface area contributed by atoms with Crippen molar-refractivity contribution in [3.05, 3.63) is 35.3 Å². The summed E-state index contributed by atoms with van der Waals surface area (Å²) in [7, 11) is 0. The van der Waals surface area contributed by atoms with E-state index >= 15 is 0 Å². The monoisotopic (exact) mass is 399 g/mol. The highest BCUT2D eigenvalue weighted by molar-refractivity contribution is 7.16. The molecule has 1 aromatic carbocycles. The van der Waals surface area contributed by atoms with Gasteiger partial charge in [0.05, 0.1) is 18.2 Å². The summed E-state index contributed by atoms with van der Waals surface area (Å²) in [4.78, 5) is 30.0. The Hall–Kier alpha value is -2.98. The van der Waals surface area contributed by atoms with Gasteiger partial charge < -0.3 is 26.0 Å². The number of thiazole rings is 1. The van der Waals surface area contributed by atoms with Gasteiger partial charge in [-0.05, 0) is 19.1 Å². The molecule has 0 radical (unpaired) electrons. The van der Waals surface area contributed by atoms with Crippen LogP contribution >= 0.6 is 11.3 Å². The van der Waals surface area contributed by atoms with Gasteiger partial charge in [0.2, 0.25) is 5.95 Å². The smallest absolute Gasteiger partial charge is 0.322 e. The molecule has 1 saturated heterocycles. The largest absolute Gasteiger partial charge is 0.394 e. The molecule has 4 N–H and O–H groups in total. The van der Waals surface area contributed by atoms with Gasteiger partial charge in [-0.2, -0.15) is 4.98 Å². The normalized spacial score (nSPS) is 17.1. The minimum atomic E-state index is -0.371. The molecule has 3 aromatic rings. The number of carbonyl (C=O) groups is 1. The maximum Gasteiger partial charge on any atom is 0.322 e. The molecule has 1 aliphatic rings.